The topological polar surface area (TPSA) is 89.0 Å². The van der Waals surface area contributed by atoms with E-state index in [2.05, 4.69) is 44.4 Å². The van der Waals surface area contributed by atoms with Crippen molar-refractivity contribution in [1.82, 2.24) is 5.43 Å². The zero-order chi connectivity index (χ0) is 21.2. The molecule has 0 atom stereocenters. The second-order valence-corrected chi connectivity index (χ2v) is 7.15. The predicted octanol–water partition coefficient (Wildman–Crippen LogP) is 3.44. The number of terminal acetylenes is 1. The maximum Gasteiger partial charge on any atom is 0.249 e. The van der Waals surface area contributed by atoms with Gasteiger partial charge in [0.05, 0.1) is 16.9 Å². The lowest BCUT2D eigenvalue weighted by Gasteiger charge is -2.11. The van der Waals surface area contributed by atoms with Gasteiger partial charge < -0.3 is 14.8 Å². The van der Waals surface area contributed by atoms with E-state index in [1.165, 1.54) is 13.3 Å². The number of carbonyl (C=O) groups is 2. The monoisotopic (exact) mass is 525 g/mol. The number of ether oxygens (including phenoxy) is 2. The Morgan fingerprint density at radius 2 is 2.00 bits per heavy atom. The molecule has 0 spiro atoms. The molecule has 0 radical (unpaired) electrons. The van der Waals surface area contributed by atoms with Crippen molar-refractivity contribution in [3.63, 3.8) is 0 Å². The first kappa shape index (κ1) is 22.5. The lowest BCUT2D eigenvalue weighted by molar-refractivity contribution is -0.126. The number of hydrogen-bond acceptors (Lipinski definition) is 5. The van der Waals surface area contributed by atoms with Crippen molar-refractivity contribution in [3.8, 4) is 23.8 Å². The molecule has 0 aliphatic rings. The van der Waals surface area contributed by atoms with Gasteiger partial charge in [0, 0.05) is 10.7 Å². The van der Waals surface area contributed by atoms with Gasteiger partial charge in [0.1, 0.15) is 13.0 Å². The van der Waals surface area contributed by atoms with Crippen molar-refractivity contribution in [2.45, 2.75) is 6.42 Å². The highest BCUT2D eigenvalue weighted by Crippen LogP contribution is 2.33. The van der Waals surface area contributed by atoms with Crippen LogP contribution in [0.2, 0.25) is 5.02 Å². The van der Waals surface area contributed by atoms with Crippen LogP contribution >= 0.6 is 34.2 Å². The third kappa shape index (κ3) is 7.29. The Labute approximate surface area is 186 Å². The Morgan fingerprint density at radius 3 is 2.66 bits per heavy atom. The van der Waals surface area contributed by atoms with Gasteiger partial charge >= 0.3 is 0 Å². The zero-order valence-electron chi connectivity index (χ0n) is 15.4. The molecule has 0 aliphatic carbocycles. The van der Waals surface area contributed by atoms with E-state index in [0.717, 1.165) is 3.57 Å². The molecular formula is C20H17ClIN3O4. The van der Waals surface area contributed by atoms with Gasteiger partial charge in [-0.15, -0.1) is 6.42 Å². The van der Waals surface area contributed by atoms with E-state index in [9.17, 15) is 9.59 Å². The third-order valence-corrected chi connectivity index (χ3v) is 4.46. The van der Waals surface area contributed by atoms with Gasteiger partial charge in [0.15, 0.2) is 11.5 Å². The van der Waals surface area contributed by atoms with Crippen LogP contribution in [0.5, 0.6) is 11.5 Å². The molecular weight excluding hydrogens is 509 g/mol. The van der Waals surface area contributed by atoms with Gasteiger partial charge in [-0.3, -0.25) is 9.59 Å². The number of anilines is 1. The highest BCUT2D eigenvalue weighted by Gasteiger charge is 2.11. The van der Waals surface area contributed by atoms with Gasteiger partial charge in [-0.05, 0) is 64.6 Å². The summed E-state index contributed by atoms with van der Waals surface area (Å²) < 4.78 is 11.5. The van der Waals surface area contributed by atoms with Crippen molar-refractivity contribution < 1.29 is 19.1 Å². The van der Waals surface area contributed by atoms with Gasteiger partial charge in [0.25, 0.3) is 0 Å². The SMILES string of the molecule is C#CCOc1c(I)cc(C=NNC(=O)CC(=O)Nc2ccc(Cl)cc2)cc1OC. The number of rotatable bonds is 8. The number of benzene rings is 2. The second kappa shape index (κ2) is 11.3. The van der Waals surface area contributed by atoms with Gasteiger partial charge in [-0.1, -0.05) is 17.5 Å². The molecule has 2 N–H and O–H groups in total. The predicted molar refractivity (Wildman–Crippen MR) is 120 cm³/mol. The van der Waals surface area contributed by atoms with E-state index in [-0.39, 0.29) is 13.0 Å². The van der Waals surface area contributed by atoms with E-state index < -0.39 is 11.8 Å². The minimum absolute atomic E-state index is 0.119. The smallest absolute Gasteiger partial charge is 0.249 e. The zero-order valence-corrected chi connectivity index (χ0v) is 18.3. The molecule has 0 fully saturated rings. The van der Waals surface area contributed by atoms with Crippen LogP contribution < -0.4 is 20.2 Å². The summed E-state index contributed by atoms with van der Waals surface area (Å²) in [7, 11) is 1.51. The minimum Gasteiger partial charge on any atom is -0.493 e. The van der Waals surface area contributed by atoms with Crippen LogP contribution in [0.4, 0.5) is 5.69 Å². The number of carbonyl (C=O) groups excluding carboxylic acids is 2. The molecule has 0 aromatic heterocycles. The molecule has 0 unspecified atom stereocenters. The highest BCUT2D eigenvalue weighted by atomic mass is 127. The standard InChI is InChI=1S/C20H17ClIN3O4/c1-3-8-29-20-16(22)9-13(10-17(20)28-2)12-23-25-19(27)11-18(26)24-15-6-4-14(21)5-7-15/h1,4-7,9-10,12H,8,11H2,2H3,(H,24,26)(H,25,27). The van der Waals surface area contributed by atoms with E-state index >= 15 is 0 Å². The maximum absolute atomic E-state index is 11.9. The Bertz CT molecular complexity index is 955. The summed E-state index contributed by atoms with van der Waals surface area (Å²) in [5.41, 5.74) is 3.53. The fourth-order valence-electron chi connectivity index (χ4n) is 2.17. The molecule has 2 aromatic carbocycles. The number of hydrazone groups is 1. The van der Waals surface area contributed by atoms with Crippen molar-refractivity contribution in [2.75, 3.05) is 19.0 Å². The average Bonchev–Trinajstić information content (AvgIpc) is 2.68. The van der Waals surface area contributed by atoms with Crippen LogP contribution in [0.3, 0.4) is 0 Å². The summed E-state index contributed by atoms with van der Waals surface area (Å²) in [6.07, 6.45) is 6.27. The van der Waals surface area contributed by atoms with Gasteiger partial charge in [-0.2, -0.15) is 5.10 Å². The number of methoxy groups -OCH3 is 1. The van der Waals surface area contributed by atoms with Crippen LogP contribution in [0.15, 0.2) is 41.5 Å². The van der Waals surface area contributed by atoms with Crippen LogP contribution in [0.1, 0.15) is 12.0 Å². The van der Waals surface area contributed by atoms with Gasteiger partial charge in [-0.25, -0.2) is 5.43 Å². The molecule has 9 heteroatoms. The fraction of sp³-hybridized carbons (Fsp3) is 0.150. The summed E-state index contributed by atoms with van der Waals surface area (Å²) in [6.45, 7) is 0.119. The minimum atomic E-state index is -0.552. The van der Waals surface area contributed by atoms with Crippen LogP contribution in [0, 0.1) is 15.9 Å². The summed E-state index contributed by atoms with van der Waals surface area (Å²) >= 11 is 7.87. The first-order valence-corrected chi connectivity index (χ1v) is 9.69. The lowest BCUT2D eigenvalue weighted by Crippen LogP contribution is -2.24. The molecule has 2 rings (SSSR count). The molecule has 0 bridgehead atoms. The first-order chi connectivity index (χ1) is 13.9. The highest BCUT2D eigenvalue weighted by molar-refractivity contribution is 14.1. The van der Waals surface area contributed by atoms with Crippen molar-refractivity contribution in [1.29, 1.82) is 0 Å². The molecule has 29 heavy (non-hydrogen) atoms. The number of amides is 2. The number of nitrogens with zero attached hydrogens (tertiary/aromatic N) is 1. The Balaban J connectivity index is 1.92. The summed E-state index contributed by atoms with van der Waals surface area (Å²) in [4.78, 5) is 23.8. The van der Waals surface area contributed by atoms with Crippen molar-refractivity contribution in [2.24, 2.45) is 5.10 Å². The maximum atomic E-state index is 11.9. The van der Waals surface area contributed by atoms with E-state index in [4.69, 9.17) is 27.5 Å². The van der Waals surface area contributed by atoms with E-state index in [0.29, 0.717) is 27.8 Å². The number of nitrogens with one attached hydrogen (secondary N) is 2. The fourth-order valence-corrected chi connectivity index (χ4v) is 3.08. The van der Waals surface area contributed by atoms with Crippen molar-refractivity contribution >= 4 is 57.9 Å². The van der Waals surface area contributed by atoms with Crippen molar-refractivity contribution in [3.05, 3.63) is 50.6 Å². The molecule has 0 saturated carbocycles. The molecule has 0 aliphatic heterocycles. The molecule has 150 valence electrons. The Morgan fingerprint density at radius 1 is 1.28 bits per heavy atom. The average molecular weight is 526 g/mol. The van der Waals surface area contributed by atoms with Crippen LogP contribution in [0.25, 0.3) is 0 Å². The van der Waals surface area contributed by atoms with Gasteiger partial charge in [0.2, 0.25) is 11.8 Å². The summed E-state index contributed by atoms with van der Waals surface area (Å²) in [6, 6.07) is 10.0. The normalized spacial score (nSPS) is 10.3. The Kier molecular flexibility index (Phi) is 8.76. The Hall–Kier alpha value is -2.77. The largest absolute Gasteiger partial charge is 0.493 e. The molecule has 0 heterocycles. The molecule has 2 aromatic rings. The van der Waals surface area contributed by atoms with Crippen LogP contribution in [-0.4, -0.2) is 31.7 Å². The number of halogens is 2. The summed E-state index contributed by atoms with van der Waals surface area (Å²) in [5, 5.41) is 7.02. The number of hydrogen-bond donors (Lipinski definition) is 2. The van der Waals surface area contributed by atoms with Crippen LogP contribution in [-0.2, 0) is 9.59 Å². The first-order valence-electron chi connectivity index (χ1n) is 8.24. The van der Waals surface area contributed by atoms with E-state index in [1.54, 1.807) is 36.4 Å². The van der Waals surface area contributed by atoms with E-state index in [1.807, 2.05) is 0 Å². The quantitative estimate of drug-likeness (QED) is 0.182. The molecule has 7 nitrogen and oxygen atoms in total. The molecule has 2 amide bonds. The molecule has 0 saturated heterocycles. The lowest BCUT2D eigenvalue weighted by atomic mass is 10.2. The third-order valence-electron chi connectivity index (χ3n) is 3.40. The summed E-state index contributed by atoms with van der Waals surface area (Å²) in [5.74, 6) is 2.40. The second-order valence-electron chi connectivity index (χ2n) is 5.55.